The van der Waals surface area contributed by atoms with E-state index in [0.29, 0.717) is 6.54 Å². The lowest BCUT2D eigenvalue weighted by molar-refractivity contribution is -0.384. The first kappa shape index (κ1) is 16.7. The van der Waals surface area contributed by atoms with E-state index < -0.39 is 14.9 Å². The molecule has 1 heterocycles. The van der Waals surface area contributed by atoms with Crippen LogP contribution in [0.1, 0.15) is 19.3 Å². The number of anilines is 1. The molecule has 1 aliphatic rings. The van der Waals surface area contributed by atoms with Gasteiger partial charge in [-0.2, -0.15) is 0 Å². The van der Waals surface area contributed by atoms with Crippen molar-refractivity contribution in [2.24, 2.45) is 5.14 Å². The summed E-state index contributed by atoms with van der Waals surface area (Å²) >= 11 is 0. The van der Waals surface area contributed by atoms with Gasteiger partial charge in [0.05, 0.1) is 4.92 Å². The van der Waals surface area contributed by atoms with Gasteiger partial charge in [0.2, 0.25) is 10.0 Å². The molecule has 0 saturated carbocycles. The number of nitrogens with two attached hydrogens (primary N) is 1. The highest BCUT2D eigenvalue weighted by molar-refractivity contribution is 7.89. The van der Waals surface area contributed by atoms with Crippen LogP contribution < -0.4 is 10.5 Å². The standard InChI is InChI=1S/C13H20N4O4S/c14-22(20,21)12-6-3-5-11(17(18)19)13(12)15-7-4-10-16-8-1-2-9-16/h3,5-6,15H,1-2,4,7-10H2,(H2,14,20,21). The maximum Gasteiger partial charge on any atom is 0.293 e. The fraction of sp³-hybridized carbons (Fsp3) is 0.538. The number of hydrogen-bond donors (Lipinski definition) is 2. The lowest BCUT2D eigenvalue weighted by Crippen LogP contribution is -2.23. The fourth-order valence-corrected chi connectivity index (χ4v) is 3.34. The van der Waals surface area contributed by atoms with E-state index in [4.69, 9.17) is 5.14 Å². The van der Waals surface area contributed by atoms with E-state index in [2.05, 4.69) is 10.2 Å². The Hall–Kier alpha value is -1.71. The number of nitrogens with zero attached hydrogens (tertiary/aromatic N) is 2. The van der Waals surface area contributed by atoms with Crippen molar-refractivity contribution in [1.82, 2.24) is 4.90 Å². The molecule has 22 heavy (non-hydrogen) atoms. The highest BCUT2D eigenvalue weighted by Gasteiger charge is 2.23. The minimum atomic E-state index is -4.02. The zero-order valence-electron chi connectivity index (χ0n) is 12.2. The Balaban J connectivity index is 2.08. The van der Waals surface area contributed by atoms with E-state index in [1.807, 2.05) is 0 Å². The Bertz CT molecular complexity index is 641. The van der Waals surface area contributed by atoms with E-state index in [1.165, 1.54) is 31.0 Å². The minimum Gasteiger partial charge on any atom is -0.378 e. The molecule has 0 aliphatic carbocycles. The molecule has 0 spiro atoms. The van der Waals surface area contributed by atoms with E-state index in [0.717, 1.165) is 26.1 Å². The molecule has 3 N–H and O–H groups in total. The number of para-hydroxylation sites is 1. The van der Waals surface area contributed by atoms with Crippen LogP contribution in [0, 0.1) is 10.1 Å². The summed E-state index contributed by atoms with van der Waals surface area (Å²) in [5, 5.41) is 19.1. The summed E-state index contributed by atoms with van der Waals surface area (Å²) < 4.78 is 23.2. The van der Waals surface area contributed by atoms with E-state index >= 15 is 0 Å². The van der Waals surface area contributed by atoms with Crippen molar-refractivity contribution in [1.29, 1.82) is 0 Å². The van der Waals surface area contributed by atoms with Crippen molar-refractivity contribution >= 4 is 21.4 Å². The normalized spacial score (nSPS) is 15.9. The van der Waals surface area contributed by atoms with Crippen LogP contribution in [0.25, 0.3) is 0 Å². The van der Waals surface area contributed by atoms with Crippen LogP contribution >= 0.6 is 0 Å². The van der Waals surface area contributed by atoms with Gasteiger partial charge in [-0.15, -0.1) is 0 Å². The number of rotatable bonds is 7. The van der Waals surface area contributed by atoms with Crippen LogP contribution in [-0.2, 0) is 10.0 Å². The van der Waals surface area contributed by atoms with Gasteiger partial charge in [0.15, 0.2) is 0 Å². The number of nitrogens with one attached hydrogen (secondary N) is 1. The van der Waals surface area contributed by atoms with E-state index in [9.17, 15) is 18.5 Å². The molecule has 1 fully saturated rings. The van der Waals surface area contributed by atoms with Crippen LogP contribution in [0.3, 0.4) is 0 Å². The fourth-order valence-electron chi connectivity index (χ4n) is 2.61. The highest BCUT2D eigenvalue weighted by Crippen LogP contribution is 2.30. The zero-order chi connectivity index (χ0) is 16.2. The maximum absolute atomic E-state index is 11.6. The quantitative estimate of drug-likeness (QED) is 0.440. The number of nitro benzene ring substituents is 1. The number of primary sulfonamides is 1. The van der Waals surface area contributed by atoms with Crippen molar-refractivity contribution in [2.45, 2.75) is 24.2 Å². The molecule has 0 bridgehead atoms. The molecular formula is C13H20N4O4S. The monoisotopic (exact) mass is 328 g/mol. The van der Waals surface area contributed by atoms with Gasteiger partial charge in [0.1, 0.15) is 10.6 Å². The summed E-state index contributed by atoms with van der Waals surface area (Å²) in [5.74, 6) is 0. The van der Waals surface area contributed by atoms with E-state index in [1.54, 1.807) is 0 Å². The molecule has 0 aromatic heterocycles. The third-order valence-corrected chi connectivity index (χ3v) is 4.61. The van der Waals surface area contributed by atoms with Crippen LogP contribution in [-0.4, -0.2) is 44.4 Å². The molecule has 0 unspecified atom stereocenters. The molecule has 122 valence electrons. The van der Waals surface area contributed by atoms with Gasteiger partial charge >= 0.3 is 0 Å². The van der Waals surface area contributed by atoms with Gasteiger partial charge in [0, 0.05) is 12.6 Å². The predicted octanol–water partition coefficient (Wildman–Crippen LogP) is 1.14. The Morgan fingerprint density at radius 1 is 1.32 bits per heavy atom. The largest absolute Gasteiger partial charge is 0.378 e. The van der Waals surface area contributed by atoms with Crippen LogP contribution in [0.15, 0.2) is 23.1 Å². The third-order valence-electron chi connectivity index (χ3n) is 3.66. The molecule has 0 radical (unpaired) electrons. The second-order valence-electron chi connectivity index (χ2n) is 5.28. The van der Waals surface area contributed by atoms with Gasteiger partial charge in [-0.3, -0.25) is 10.1 Å². The zero-order valence-corrected chi connectivity index (χ0v) is 13.0. The first-order valence-corrected chi connectivity index (χ1v) is 8.70. The topological polar surface area (TPSA) is 119 Å². The smallest absolute Gasteiger partial charge is 0.293 e. The number of benzene rings is 1. The average Bonchev–Trinajstić information content (AvgIpc) is 2.95. The van der Waals surface area contributed by atoms with Gasteiger partial charge in [-0.05, 0) is 45.0 Å². The summed E-state index contributed by atoms with van der Waals surface area (Å²) in [6, 6.07) is 3.84. The second-order valence-corrected chi connectivity index (χ2v) is 6.81. The molecule has 0 amide bonds. The van der Waals surface area contributed by atoms with Gasteiger partial charge in [-0.25, -0.2) is 13.6 Å². The van der Waals surface area contributed by atoms with Crippen molar-refractivity contribution in [3.8, 4) is 0 Å². The average molecular weight is 328 g/mol. The third kappa shape index (κ3) is 4.15. The Morgan fingerprint density at radius 2 is 2.00 bits per heavy atom. The lowest BCUT2D eigenvalue weighted by atomic mass is 10.2. The summed E-state index contributed by atoms with van der Waals surface area (Å²) in [5.41, 5.74) is -0.316. The molecule has 1 aromatic carbocycles. The molecule has 8 nitrogen and oxygen atoms in total. The molecule has 9 heteroatoms. The number of nitro groups is 1. The first-order valence-electron chi connectivity index (χ1n) is 7.16. The molecule has 2 rings (SSSR count). The predicted molar refractivity (Wildman–Crippen MR) is 83.3 cm³/mol. The van der Waals surface area contributed by atoms with Crippen molar-refractivity contribution in [2.75, 3.05) is 31.5 Å². The summed E-state index contributed by atoms with van der Waals surface area (Å²) in [6.45, 7) is 3.49. The van der Waals surface area contributed by atoms with Crippen molar-refractivity contribution < 1.29 is 13.3 Å². The van der Waals surface area contributed by atoms with Crippen LogP contribution in [0.5, 0.6) is 0 Å². The SMILES string of the molecule is NS(=O)(=O)c1cccc([N+](=O)[O-])c1NCCCN1CCCC1. The number of likely N-dealkylation sites (tertiary alicyclic amines) is 1. The summed E-state index contributed by atoms with van der Waals surface area (Å²) in [4.78, 5) is 12.5. The summed E-state index contributed by atoms with van der Waals surface area (Å²) in [7, 11) is -4.02. The Morgan fingerprint density at radius 3 is 2.59 bits per heavy atom. The first-order chi connectivity index (χ1) is 10.4. The Labute approximate surface area is 129 Å². The van der Waals surface area contributed by atoms with Crippen molar-refractivity contribution in [3.05, 3.63) is 28.3 Å². The molecule has 1 saturated heterocycles. The molecule has 1 aliphatic heterocycles. The summed E-state index contributed by atoms with van der Waals surface area (Å²) in [6.07, 6.45) is 3.18. The Kier molecular flexibility index (Phi) is 5.33. The van der Waals surface area contributed by atoms with Gasteiger partial charge < -0.3 is 10.2 Å². The van der Waals surface area contributed by atoms with Crippen molar-refractivity contribution in [3.63, 3.8) is 0 Å². The van der Waals surface area contributed by atoms with Gasteiger partial charge in [0.25, 0.3) is 5.69 Å². The van der Waals surface area contributed by atoms with Gasteiger partial charge in [-0.1, -0.05) is 6.07 Å². The van der Waals surface area contributed by atoms with Crippen LogP contribution in [0.4, 0.5) is 11.4 Å². The highest BCUT2D eigenvalue weighted by atomic mass is 32.2. The lowest BCUT2D eigenvalue weighted by Gasteiger charge is -2.15. The van der Waals surface area contributed by atoms with Crippen LogP contribution in [0.2, 0.25) is 0 Å². The maximum atomic E-state index is 11.6. The minimum absolute atomic E-state index is 0.0311. The molecular weight excluding hydrogens is 308 g/mol. The molecule has 0 atom stereocenters. The molecule has 1 aromatic rings. The number of hydrogen-bond acceptors (Lipinski definition) is 6. The van der Waals surface area contributed by atoms with E-state index in [-0.39, 0.29) is 16.3 Å². The number of sulfonamides is 1. The second kappa shape index (κ2) is 7.03.